The van der Waals surface area contributed by atoms with Gasteiger partial charge in [-0.15, -0.1) is 0 Å². The minimum atomic E-state index is -0.595. The van der Waals surface area contributed by atoms with Crippen molar-refractivity contribution in [2.75, 3.05) is 37.9 Å². The van der Waals surface area contributed by atoms with Gasteiger partial charge in [0.2, 0.25) is 5.91 Å². The Morgan fingerprint density at radius 2 is 1.81 bits per heavy atom. The van der Waals surface area contributed by atoms with E-state index in [1.807, 2.05) is 30.3 Å². The van der Waals surface area contributed by atoms with E-state index >= 15 is 0 Å². The van der Waals surface area contributed by atoms with Gasteiger partial charge in [0, 0.05) is 49.0 Å². The molecular weight excluding hydrogens is 460 g/mol. The first-order valence-electron chi connectivity index (χ1n) is 10.4. The maximum atomic E-state index is 13.1. The first kappa shape index (κ1) is 21.8. The molecule has 8 heteroatoms. The lowest BCUT2D eigenvalue weighted by Crippen LogP contribution is -2.45. The Hall–Kier alpha value is -2.42. The van der Waals surface area contributed by atoms with Gasteiger partial charge in [-0.3, -0.25) is 4.79 Å². The predicted octanol–water partition coefficient (Wildman–Crippen LogP) is 3.70. The van der Waals surface area contributed by atoms with Gasteiger partial charge in [-0.05, 0) is 61.0 Å². The third-order valence-corrected chi connectivity index (χ3v) is 6.46. The van der Waals surface area contributed by atoms with Crippen LogP contribution in [0.25, 0.3) is 0 Å². The van der Waals surface area contributed by atoms with Crippen molar-refractivity contribution >= 4 is 39.2 Å². The molecule has 0 aromatic heterocycles. The van der Waals surface area contributed by atoms with Gasteiger partial charge in [0.1, 0.15) is 6.04 Å². The van der Waals surface area contributed by atoms with Crippen LogP contribution in [0.1, 0.15) is 17.5 Å². The lowest BCUT2D eigenvalue weighted by molar-refractivity contribution is -0.119. The number of benzene rings is 2. The summed E-state index contributed by atoms with van der Waals surface area (Å²) in [6.45, 7) is 2.30. The van der Waals surface area contributed by atoms with Crippen LogP contribution in [0, 0.1) is 0 Å². The zero-order valence-corrected chi connectivity index (χ0v) is 19.3. The molecule has 1 saturated heterocycles. The van der Waals surface area contributed by atoms with Gasteiger partial charge in [0.05, 0.1) is 6.10 Å². The SMILES string of the molecule is CO[C@@H]1CC(C(=O)Nc2ccc3c(c2)CCN(C)C3)N(C(=O)Nc2ccc(Br)cc2)C1. The fourth-order valence-corrected chi connectivity index (χ4v) is 4.43. The second kappa shape index (κ2) is 9.38. The number of hydrogen-bond donors (Lipinski definition) is 2. The molecule has 1 unspecified atom stereocenters. The molecule has 2 aromatic carbocycles. The highest BCUT2D eigenvalue weighted by molar-refractivity contribution is 9.10. The van der Waals surface area contributed by atoms with Crippen LogP contribution < -0.4 is 10.6 Å². The second-order valence-electron chi connectivity index (χ2n) is 8.16. The smallest absolute Gasteiger partial charge is 0.322 e. The van der Waals surface area contributed by atoms with Crippen molar-refractivity contribution in [3.8, 4) is 0 Å². The summed E-state index contributed by atoms with van der Waals surface area (Å²) in [6.07, 6.45) is 1.25. The van der Waals surface area contributed by atoms with Crippen LogP contribution in [0.4, 0.5) is 16.2 Å². The average Bonchev–Trinajstić information content (AvgIpc) is 3.20. The van der Waals surface area contributed by atoms with Gasteiger partial charge in [-0.25, -0.2) is 4.79 Å². The van der Waals surface area contributed by atoms with Crippen LogP contribution >= 0.6 is 15.9 Å². The Morgan fingerprint density at radius 3 is 2.55 bits per heavy atom. The predicted molar refractivity (Wildman–Crippen MR) is 124 cm³/mol. The Labute approximate surface area is 190 Å². The van der Waals surface area contributed by atoms with Crippen LogP contribution in [0.3, 0.4) is 0 Å². The summed E-state index contributed by atoms with van der Waals surface area (Å²) in [5.74, 6) is -0.196. The molecule has 31 heavy (non-hydrogen) atoms. The minimum Gasteiger partial charge on any atom is -0.380 e. The van der Waals surface area contributed by atoms with E-state index in [4.69, 9.17) is 4.74 Å². The molecule has 0 bridgehead atoms. The molecule has 0 aliphatic carbocycles. The first-order chi connectivity index (χ1) is 14.9. The second-order valence-corrected chi connectivity index (χ2v) is 9.07. The van der Waals surface area contributed by atoms with E-state index in [1.54, 1.807) is 12.0 Å². The molecule has 2 aliphatic heterocycles. The van der Waals surface area contributed by atoms with Gasteiger partial charge in [0.15, 0.2) is 0 Å². The maximum absolute atomic E-state index is 13.1. The van der Waals surface area contributed by atoms with E-state index in [-0.39, 0.29) is 18.0 Å². The molecule has 0 radical (unpaired) electrons. The number of carbonyl (C=O) groups is 2. The lowest BCUT2D eigenvalue weighted by Gasteiger charge is -2.26. The van der Waals surface area contributed by atoms with E-state index in [1.165, 1.54) is 11.1 Å². The van der Waals surface area contributed by atoms with Gasteiger partial charge in [-0.2, -0.15) is 0 Å². The summed E-state index contributed by atoms with van der Waals surface area (Å²) in [6, 6.07) is 12.5. The van der Waals surface area contributed by atoms with Crippen molar-refractivity contribution in [2.45, 2.75) is 31.5 Å². The number of amides is 3. The highest BCUT2D eigenvalue weighted by Crippen LogP contribution is 2.25. The highest BCUT2D eigenvalue weighted by atomic mass is 79.9. The van der Waals surface area contributed by atoms with E-state index in [0.717, 1.165) is 29.7 Å². The molecule has 164 valence electrons. The van der Waals surface area contributed by atoms with Crippen molar-refractivity contribution in [3.63, 3.8) is 0 Å². The maximum Gasteiger partial charge on any atom is 0.322 e. The molecule has 1 fully saturated rings. The van der Waals surface area contributed by atoms with E-state index in [0.29, 0.717) is 18.7 Å². The van der Waals surface area contributed by atoms with Crippen molar-refractivity contribution in [1.82, 2.24) is 9.80 Å². The van der Waals surface area contributed by atoms with Crippen molar-refractivity contribution in [3.05, 3.63) is 58.1 Å². The number of carbonyl (C=O) groups excluding carboxylic acids is 2. The summed E-state index contributed by atoms with van der Waals surface area (Å²) in [7, 11) is 3.72. The number of hydrogen-bond acceptors (Lipinski definition) is 4. The molecule has 0 spiro atoms. The number of methoxy groups -OCH3 is 1. The molecule has 2 aromatic rings. The lowest BCUT2D eigenvalue weighted by atomic mass is 9.99. The Kier molecular flexibility index (Phi) is 6.60. The standard InChI is InChI=1S/C23H27BrN4O3/c1-27-10-9-15-11-19(6-3-16(15)13-27)25-22(29)21-12-20(31-2)14-28(21)23(30)26-18-7-4-17(24)5-8-18/h3-8,11,20-21H,9-10,12-14H2,1-2H3,(H,25,29)(H,26,30)/t20-,21?/m1/s1. The average molecular weight is 487 g/mol. The summed E-state index contributed by atoms with van der Waals surface area (Å²) < 4.78 is 6.39. The molecular formula is C23H27BrN4O3. The number of likely N-dealkylation sites (tertiary alicyclic amines) is 1. The number of likely N-dealkylation sites (N-methyl/N-ethyl adjacent to an activating group) is 1. The molecule has 2 aliphatic rings. The summed E-state index contributed by atoms with van der Waals surface area (Å²) in [5, 5.41) is 5.89. The Morgan fingerprint density at radius 1 is 1.06 bits per heavy atom. The topological polar surface area (TPSA) is 73.9 Å². The fourth-order valence-electron chi connectivity index (χ4n) is 4.17. The number of fused-ring (bicyclic) bond motifs is 1. The Balaban J connectivity index is 1.46. The van der Waals surface area contributed by atoms with Crippen LogP contribution in [0.2, 0.25) is 0 Å². The van der Waals surface area contributed by atoms with Crippen molar-refractivity contribution in [1.29, 1.82) is 0 Å². The zero-order chi connectivity index (χ0) is 22.0. The van der Waals surface area contributed by atoms with E-state index < -0.39 is 6.04 Å². The molecule has 2 atom stereocenters. The largest absolute Gasteiger partial charge is 0.380 e. The van der Waals surface area contributed by atoms with Gasteiger partial charge in [0.25, 0.3) is 0 Å². The number of halogens is 1. The van der Waals surface area contributed by atoms with E-state index in [9.17, 15) is 9.59 Å². The Bertz CT molecular complexity index is 966. The molecule has 2 N–H and O–H groups in total. The molecule has 0 saturated carbocycles. The zero-order valence-electron chi connectivity index (χ0n) is 17.7. The number of anilines is 2. The van der Waals surface area contributed by atoms with Crippen LogP contribution in [-0.2, 0) is 22.5 Å². The fraction of sp³-hybridized carbons (Fsp3) is 0.391. The first-order valence-corrected chi connectivity index (χ1v) is 11.2. The number of ether oxygens (including phenoxy) is 1. The van der Waals surface area contributed by atoms with Crippen LogP contribution in [-0.4, -0.2) is 61.1 Å². The third-order valence-electron chi connectivity index (χ3n) is 5.93. The molecule has 3 amide bonds. The quantitative estimate of drug-likeness (QED) is 0.690. The summed E-state index contributed by atoms with van der Waals surface area (Å²) in [5.41, 5.74) is 4.00. The number of nitrogens with one attached hydrogen (secondary N) is 2. The molecule has 2 heterocycles. The van der Waals surface area contributed by atoms with Crippen LogP contribution in [0.5, 0.6) is 0 Å². The number of rotatable bonds is 4. The van der Waals surface area contributed by atoms with Gasteiger partial charge in [-0.1, -0.05) is 22.0 Å². The van der Waals surface area contributed by atoms with Gasteiger partial charge < -0.3 is 25.2 Å². The monoisotopic (exact) mass is 486 g/mol. The van der Waals surface area contributed by atoms with Gasteiger partial charge >= 0.3 is 6.03 Å². The van der Waals surface area contributed by atoms with Crippen molar-refractivity contribution in [2.24, 2.45) is 0 Å². The highest BCUT2D eigenvalue weighted by Gasteiger charge is 2.40. The minimum absolute atomic E-state index is 0.175. The summed E-state index contributed by atoms with van der Waals surface area (Å²) in [4.78, 5) is 29.9. The molecule has 7 nitrogen and oxygen atoms in total. The third kappa shape index (κ3) is 5.08. The van der Waals surface area contributed by atoms with Crippen molar-refractivity contribution < 1.29 is 14.3 Å². The van der Waals surface area contributed by atoms with Crippen LogP contribution in [0.15, 0.2) is 46.9 Å². The van der Waals surface area contributed by atoms with E-state index in [2.05, 4.69) is 50.6 Å². The number of urea groups is 1. The molecule has 4 rings (SSSR count). The summed E-state index contributed by atoms with van der Waals surface area (Å²) >= 11 is 3.39. The number of nitrogens with zero attached hydrogens (tertiary/aromatic N) is 2. The normalized spacial score (nSPS) is 20.9.